The smallest absolute Gasteiger partial charge is 0.456 e. The maximum Gasteiger partial charge on any atom is 0.472 e. The Hall–Kier alpha value is -2.29. The minimum Gasteiger partial charge on any atom is -0.456 e. The van der Waals surface area contributed by atoms with Gasteiger partial charge in [-0.3, -0.25) is 18.6 Å². The summed E-state index contributed by atoms with van der Waals surface area (Å²) >= 11 is 0. The van der Waals surface area contributed by atoms with Crippen molar-refractivity contribution in [2.24, 2.45) is 0 Å². The van der Waals surface area contributed by atoms with Crippen LogP contribution in [0.4, 0.5) is 0 Å². The SMILES string of the molecule is CC/C=C/C/C=C/C/C=C/CCCCCCCCC(=O)NC(COP(=O)(O)OCC[N+](C)(C)C)C(/C=C/CCCCCCCCCCCCC)OC(=O)CCCCCCC/C=C\CCCC. The van der Waals surface area contributed by atoms with Gasteiger partial charge in [0.05, 0.1) is 33.8 Å². The van der Waals surface area contributed by atoms with Crippen molar-refractivity contribution in [2.75, 3.05) is 40.9 Å². The molecule has 0 rings (SSSR count). The van der Waals surface area contributed by atoms with Crippen LogP contribution >= 0.6 is 7.82 Å². The minimum atomic E-state index is -4.45. The molecule has 0 spiro atoms. The molecule has 0 saturated carbocycles. The van der Waals surface area contributed by atoms with Crippen molar-refractivity contribution >= 4 is 19.7 Å². The molecule has 3 unspecified atom stereocenters. The lowest BCUT2D eigenvalue weighted by Crippen LogP contribution is -2.47. The van der Waals surface area contributed by atoms with Crippen molar-refractivity contribution in [1.82, 2.24) is 5.32 Å². The molecule has 0 aliphatic rings. The molecule has 66 heavy (non-hydrogen) atoms. The number of allylic oxidation sites excluding steroid dienone is 9. The molecule has 0 aromatic heterocycles. The Kier molecular flexibility index (Phi) is 44.8. The summed E-state index contributed by atoms with van der Waals surface area (Å²) in [5.74, 6) is -0.533. The van der Waals surface area contributed by atoms with Crippen LogP contribution in [0.15, 0.2) is 60.8 Å². The third-order valence-electron chi connectivity index (χ3n) is 11.7. The maximum absolute atomic E-state index is 13.5. The van der Waals surface area contributed by atoms with Gasteiger partial charge in [-0.1, -0.05) is 197 Å². The lowest BCUT2D eigenvalue weighted by atomic mass is 10.0. The summed E-state index contributed by atoms with van der Waals surface area (Å²) in [6.45, 7) is 6.84. The number of likely N-dealkylation sites (N-methyl/N-ethyl adjacent to an activating group) is 1. The highest BCUT2D eigenvalue weighted by atomic mass is 31.2. The predicted molar refractivity (Wildman–Crippen MR) is 282 cm³/mol. The molecule has 2 N–H and O–H groups in total. The quantitative estimate of drug-likeness (QED) is 0.0205. The minimum absolute atomic E-state index is 0.0347. The van der Waals surface area contributed by atoms with Crippen molar-refractivity contribution < 1.29 is 37.3 Å². The average molecular weight is 948 g/mol. The van der Waals surface area contributed by atoms with Gasteiger partial charge in [0.25, 0.3) is 0 Å². The zero-order chi connectivity index (χ0) is 48.7. The molecule has 1 amide bonds. The first-order valence-electron chi connectivity index (χ1n) is 27.1. The van der Waals surface area contributed by atoms with E-state index >= 15 is 0 Å². The Bertz CT molecular complexity index is 1320. The van der Waals surface area contributed by atoms with E-state index in [0.29, 0.717) is 17.4 Å². The highest BCUT2D eigenvalue weighted by molar-refractivity contribution is 7.47. The van der Waals surface area contributed by atoms with Crippen LogP contribution in [0, 0.1) is 0 Å². The standard InChI is InChI=1S/C56H103N2O7P/c1-7-10-13-16-19-22-25-27-28-29-31-34-36-39-42-45-48-55(59)57-53(52-64-66(61,62)63-51-50-58(4,5)6)54(47-44-41-38-35-33-30-26-23-20-17-14-11-8-2)65-56(60)49-46-43-40-37-32-24-21-18-15-12-9-3/h10,13,18-19,21-22,27-28,44,47,53-54H,7-9,11-12,14-17,20,23-26,29-43,45-46,48-52H2,1-6H3,(H-,57,59,61,62)/p+1/b13-10+,21-18-,22-19+,28-27+,47-44+. The van der Waals surface area contributed by atoms with Crippen LogP contribution in [0.3, 0.4) is 0 Å². The van der Waals surface area contributed by atoms with Gasteiger partial charge in [-0.05, 0) is 83.1 Å². The van der Waals surface area contributed by atoms with Crippen LogP contribution in [0.1, 0.15) is 233 Å². The molecule has 0 aliphatic heterocycles. The zero-order valence-electron chi connectivity index (χ0n) is 43.7. The second kappa shape index (κ2) is 46.4. The van der Waals surface area contributed by atoms with Crippen molar-refractivity contribution in [1.29, 1.82) is 0 Å². The Morgan fingerprint density at radius 1 is 0.545 bits per heavy atom. The van der Waals surface area contributed by atoms with E-state index in [2.05, 4.69) is 74.7 Å². The maximum atomic E-state index is 13.5. The summed E-state index contributed by atoms with van der Waals surface area (Å²) in [6.07, 6.45) is 56.4. The van der Waals surface area contributed by atoms with Crippen LogP contribution in [0.25, 0.3) is 0 Å². The van der Waals surface area contributed by atoms with Crippen LogP contribution in [-0.4, -0.2) is 74.3 Å². The van der Waals surface area contributed by atoms with Crippen molar-refractivity contribution in [2.45, 2.75) is 245 Å². The molecule has 0 aromatic rings. The summed E-state index contributed by atoms with van der Waals surface area (Å²) < 4.78 is 30.5. The average Bonchev–Trinajstić information content (AvgIpc) is 3.27. The van der Waals surface area contributed by atoms with E-state index in [4.69, 9.17) is 13.8 Å². The lowest BCUT2D eigenvalue weighted by molar-refractivity contribution is -0.870. The largest absolute Gasteiger partial charge is 0.472 e. The number of nitrogens with one attached hydrogen (secondary N) is 1. The molecule has 0 heterocycles. The summed E-state index contributed by atoms with van der Waals surface area (Å²) in [6, 6.07) is -0.857. The van der Waals surface area contributed by atoms with Gasteiger partial charge in [0.1, 0.15) is 19.3 Å². The fourth-order valence-corrected chi connectivity index (χ4v) is 8.20. The second-order valence-electron chi connectivity index (χ2n) is 19.4. The number of phosphoric ester groups is 1. The molecule has 0 saturated heterocycles. The summed E-state index contributed by atoms with van der Waals surface area (Å²) in [5.41, 5.74) is 0. The molecular formula is C56H104N2O7P+. The van der Waals surface area contributed by atoms with Crippen molar-refractivity contribution in [3.05, 3.63) is 60.8 Å². The van der Waals surface area contributed by atoms with Gasteiger partial charge in [0, 0.05) is 12.8 Å². The Labute approximate surface area is 407 Å². The Balaban J connectivity index is 5.43. The number of hydrogen-bond acceptors (Lipinski definition) is 6. The van der Waals surface area contributed by atoms with Crippen LogP contribution < -0.4 is 5.32 Å². The monoisotopic (exact) mass is 948 g/mol. The normalized spacial score (nSPS) is 14.3. The first-order valence-corrected chi connectivity index (χ1v) is 28.6. The molecule has 9 nitrogen and oxygen atoms in total. The number of carbonyl (C=O) groups excluding carboxylic acids is 2. The number of esters is 1. The molecular weight excluding hydrogens is 844 g/mol. The van der Waals surface area contributed by atoms with E-state index in [1.807, 2.05) is 33.3 Å². The predicted octanol–water partition coefficient (Wildman–Crippen LogP) is 15.9. The van der Waals surface area contributed by atoms with E-state index in [1.54, 1.807) is 0 Å². The number of ether oxygens (including phenoxy) is 1. The molecule has 10 heteroatoms. The third-order valence-corrected chi connectivity index (χ3v) is 12.7. The highest BCUT2D eigenvalue weighted by Crippen LogP contribution is 2.43. The van der Waals surface area contributed by atoms with Crippen LogP contribution in [0.5, 0.6) is 0 Å². The summed E-state index contributed by atoms with van der Waals surface area (Å²) in [7, 11) is 1.48. The number of nitrogens with zero attached hydrogens (tertiary/aromatic N) is 1. The molecule has 0 fully saturated rings. The van der Waals surface area contributed by atoms with Gasteiger partial charge in [0.2, 0.25) is 5.91 Å². The topological polar surface area (TPSA) is 111 Å². The van der Waals surface area contributed by atoms with E-state index in [0.717, 1.165) is 116 Å². The van der Waals surface area contributed by atoms with E-state index in [-0.39, 0.29) is 31.5 Å². The first-order chi connectivity index (χ1) is 31.9. The zero-order valence-corrected chi connectivity index (χ0v) is 44.6. The number of quaternary nitrogens is 1. The van der Waals surface area contributed by atoms with E-state index < -0.39 is 20.0 Å². The van der Waals surface area contributed by atoms with Gasteiger partial charge in [-0.15, -0.1) is 0 Å². The van der Waals surface area contributed by atoms with Crippen LogP contribution in [0.2, 0.25) is 0 Å². The molecule has 0 aromatic carbocycles. The molecule has 3 atom stereocenters. The number of hydrogen-bond donors (Lipinski definition) is 2. The van der Waals surface area contributed by atoms with Crippen molar-refractivity contribution in [3.8, 4) is 0 Å². The molecule has 384 valence electrons. The first kappa shape index (κ1) is 63.7. The van der Waals surface area contributed by atoms with Gasteiger partial charge in [-0.25, -0.2) is 4.57 Å². The Morgan fingerprint density at radius 3 is 1.52 bits per heavy atom. The molecule has 0 aliphatic carbocycles. The fourth-order valence-electron chi connectivity index (χ4n) is 7.46. The summed E-state index contributed by atoms with van der Waals surface area (Å²) in [4.78, 5) is 37.4. The van der Waals surface area contributed by atoms with E-state index in [9.17, 15) is 19.0 Å². The number of unbranched alkanes of at least 4 members (excludes halogenated alkanes) is 24. The summed E-state index contributed by atoms with van der Waals surface area (Å²) in [5, 5.41) is 3.03. The van der Waals surface area contributed by atoms with Crippen LogP contribution in [-0.2, 0) is 27.9 Å². The van der Waals surface area contributed by atoms with Gasteiger partial charge >= 0.3 is 13.8 Å². The second-order valence-corrected chi connectivity index (χ2v) is 20.8. The molecule has 0 bridgehead atoms. The highest BCUT2D eigenvalue weighted by Gasteiger charge is 2.30. The van der Waals surface area contributed by atoms with Gasteiger partial charge < -0.3 is 19.4 Å². The lowest BCUT2D eigenvalue weighted by Gasteiger charge is -2.27. The van der Waals surface area contributed by atoms with Crippen molar-refractivity contribution in [3.63, 3.8) is 0 Å². The van der Waals surface area contributed by atoms with Gasteiger partial charge in [-0.2, -0.15) is 0 Å². The fraction of sp³-hybridized carbons (Fsp3) is 0.786. The van der Waals surface area contributed by atoms with E-state index in [1.165, 1.54) is 83.5 Å². The number of amides is 1. The number of carbonyl (C=O) groups is 2. The Morgan fingerprint density at radius 2 is 0.985 bits per heavy atom. The number of rotatable bonds is 48. The third kappa shape index (κ3) is 46.8. The number of phosphoric acid groups is 1. The van der Waals surface area contributed by atoms with Gasteiger partial charge in [0.15, 0.2) is 0 Å². The molecule has 0 radical (unpaired) electrons.